The molecule has 0 saturated carbocycles. The van der Waals surface area contributed by atoms with E-state index in [2.05, 4.69) is 47.6 Å². The van der Waals surface area contributed by atoms with Crippen molar-refractivity contribution in [3.05, 3.63) is 59.8 Å². The molecule has 4 aromatic rings. The van der Waals surface area contributed by atoms with Crippen LogP contribution >= 0.6 is 0 Å². The van der Waals surface area contributed by atoms with Crippen LogP contribution in [-0.2, 0) is 16.7 Å². The fraction of sp³-hybridized carbons (Fsp3) is 0.515. The van der Waals surface area contributed by atoms with E-state index in [4.69, 9.17) is 8.92 Å². The maximum absolute atomic E-state index is 12.8. The van der Waals surface area contributed by atoms with E-state index < -0.39 is 11.3 Å². The lowest BCUT2D eigenvalue weighted by molar-refractivity contribution is 0.304. The molecule has 42 heavy (non-hydrogen) atoms. The van der Waals surface area contributed by atoms with Crippen LogP contribution in [0.2, 0.25) is 0 Å². The van der Waals surface area contributed by atoms with E-state index >= 15 is 0 Å². The fourth-order valence-corrected chi connectivity index (χ4v) is 5.45. The lowest BCUT2D eigenvalue weighted by Gasteiger charge is -2.14. The SMILES string of the molecule is CCCCCCCCCCCCOc1ccc(OS(=O)Nc2cc(-c3nc4cc(C(C)(C)C)[nH]n4n3)ccc2C)cc1. The second-order valence-electron chi connectivity index (χ2n) is 12.1. The third-order valence-corrected chi connectivity index (χ3v) is 8.12. The van der Waals surface area contributed by atoms with Crippen molar-refractivity contribution in [2.75, 3.05) is 11.3 Å². The Labute approximate surface area is 253 Å². The quantitative estimate of drug-likeness (QED) is 0.119. The van der Waals surface area contributed by atoms with Gasteiger partial charge in [-0.15, -0.1) is 5.10 Å². The van der Waals surface area contributed by atoms with Gasteiger partial charge < -0.3 is 8.92 Å². The number of nitrogens with zero attached hydrogens (tertiary/aromatic N) is 3. The Kier molecular flexibility index (Phi) is 11.5. The minimum absolute atomic E-state index is 0.0205. The topological polar surface area (TPSA) is 93.5 Å². The molecule has 0 aliphatic rings. The summed E-state index contributed by atoms with van der Waals surface area (Å²) in [5.74, 6) is 1.88. The van der Waals surface area contributed by atoms with Gasteiger partial charge in [-0.25, -0.2) is 4.98 Å². The summed E-state index contributed by atoms with van der Waals surface area (Å²) >= 11 is -1.78. The summed E-state index contributed by atoms with van der Waals surface area (Å²) in [6, 6.07) is 15.1. The van der Waals surface area contributed by atoms with Crippen LogP contribution in [0.3, 0.4) is 0 Å². The van der Waals surface area contributed by atoms with Gasteiger partial charge in [-0.3, -0.25) is 9.82 Å². The maximum Gasteiger partial charge on any atom is 0.316 e. The van der Waals surface area contributed by atoms with Crippen LogP contribution in [0.15, 0.2) is 48.5 Å². The summed E-state index contributed by atoms with van der Waals surface area (Å²) in [4.78, 5) is 4.67. The molecule has 2 aromatic heterocycles. The summed E-state index contributed by atoms with van der Waals surface area (Å²) in [6.45, 7) is 11.3. The molecule has 1 atom stereocenters. The Bertz CT molecular complexity index is 1390. The summed E-state index contributed by atoms with van der Waals surface area (Å²) in [5.41, 5.74) is 4.25. The van der Waals surface area contributed by atoms with Crippen molar-refractivity contribution in [1.29, 1.82) is 0 Å². The van der Waals surface area contributed by atoms with Crippen molar-refractivity contribution in [1.82, 2.24) is 19.8 Å². The minimum atomic E-state index is -1.78. The van der Waals surface area contributed by atoms with Gasteiger partial charge in [0.1, 0.15) is 11.5 Å². The molecule has 0 aliphatic carbocycles. The first-order chi connectivity index (χ1) is 20.2. The number of H-pyrrole nitrogens is 1. The summed E-state index contributed by atoms with van der Waals surface area (Å²) < 4.78 is 29.0. The summed E-state index contributed by atoms with van der Waals surface area (Å²) in [6.07, 6.45) is 13.0. The first kappa shape index (κ1) is 31.6. The highest BCUT2D eigenvalue weighted by molar-refractivity contribution is 7.82. The van der Waals surface area contributed by atoms with E-state index in [1.165, 1.54) is 57.8 Å². The molecule has 2 N–H and O–H groups in total. The van der Waals surface area contributed by atoms with Crippen molar-refractivity contribution in [3.8, 4) is 22.9 Å². The van der Waals surface area contributed by atoms with Gasteiger partial charge in [0.25, 0.3) is 0 Å². The summed E-state index contributed by atoms with van der Waals surface area (Å²) in [7, 11) is 0. The zero-order valence-electron chi connectivity index (χ0n) is 25.9. The first-order valence-corrected chi connectivity index (χ1v) is 16.5. The number of rotatable bonds is 17. The smallest absolute Gasteiger partial charge is 0.316 e. The molecule has 2 heterocycles. The zero-order chi connectivity index (χ0) is 30.0. The van der Waals surface area contributed by atoms with Crippen molar-refractivity contribution >= 4 is 22.6 Å². The number of ether oxygens (including phenoxy) is 1. The lowest BCUT2D eigenvalue weighted by Crippen LogP contribution is -2.12. The Morgan fingerprint density at radius 2 is 1.52 bits per heavy atom. The number of unbranched alkanes of at least 4 members (excludes halogenated alkanes) is 9. The van der Waals surface area contributed by atoms with E-state index in [1.807, 2.05) is 43.3 Å². The summed E-state index contributed by atoms with van der Waals surface area (Å²) in [5, 5.41) is 7.90. The molecule has 0 radical (unpaired) electrons. The van der Waals surface area contributed by atoms with Gasteiger partial charge in [0.2, 0.25) is 0 Å². The van der Waals surface area contributed by atoms with Crippen LogP contribution < -0.4 is 13.6 Å². The maximum atomic E-state index is 12.8. The third kappa shape index (κ3) is 9.34. The van der Waals surface area contributed by atoms with Gasteiger partial charge >= 0.3 is 11.3 Å². The number of nitrogens with one attached hydrogen (secondary N) is 2. The Hall–Kier alpha value is -3.33. The van der Waals surface area contributed by atoms with Gasteiger partial charge in [0.15, 0.2) is 11.5 Å². The average Bonchev–Trinajstić information content (AvgIpc) is 3.54. The molecule has 2 aromatic carbocycles. The molecule has 9 heteroatoms. The molecule has 8 nitrogen and oxygen atoms in total. The molecule has 228 valence electrons. The van der Waals surface area contributed by atoms with E-state index in [9.17, 15) is 4.21 Å². The van der Waals surface area contributed by atoms with Crippen molar-refractivity contribution in [2.24, 2.45) is 0 Å². The molecule has 4 rings (SSSR count). The molecule has 0 saturated heterocycles. The van der Waals surface area contributed by atoms with Crippen LogP contribution in [0, 0.1) is 6.92 Å². The van der Waals surface area contributed by atoms with Gasteiger partial charge in [-0.05, 0) is 49.2 Å². The number of fused-ring (bicyclic) bond motifs is 1. The number of aryl methyl sites for hydroxylation is 1. The van der Waals surface area contributed by atoms with E-state index in [0.717, 1.165) is 34.6 Å². The monoisotopic (exact) mass is 593 g/mol. The standard InChI is InChI=1S/C33H47N5O3S/c1-6-7-8-9-10-11-12-13-14-15-22-40-27-18-20-28(21-19-27)41-42(39)37-29-23-26(17-16-25(29)2)32-34-31-24-30(33(3,4)5)35-38(31)36-32/h16-21,23-24,35,37H,6-15,22H2,1-5H3. The van der Waals surface area contributed by atoms with Crippen LogP contribution in [0.1, 0.15) is 103 Å². The van der Waals surface area contributed by atoms with Gasteiger partial charge in [-0.2, -0.15) is 8.84 Å². The number of aromatic amines is 1. The number of aromatic nitrogens is 4. The Balaban J connectivity index is 1.21. The van der Waals surface area contributed by atoms with Crippen molar-refractivity contribution in [3.63, 3.8) is 0 Å². The normalized spacial score (nSPS) is 12.5. The highest BCUT2D eigenvalue weighted by atomic mass is 32.2. The highest BCUT2D eigenvalue weighted by Crippen LogP contribution is 2.27. The van der Waals surface area contributed by atoms with Crippen LogP contribution in [-0.4, -0.2) is 30.6 Å². The zero-order valence-corrected chi connectivity index (χ0v) is 26.7. The second-order valence-corrected chi connectivity index (χ2v) is 12.9. The van der Waals surface area contributed by atoms with Crippen LogP contribution in [0.25, 0.3) is 17.0 Å². The van der Waals surface area contributed by atoms with Crippen LogP contribution in [0.4, 0.5) is 5.69 Å². The van der Waals surface area contributed by atoms with Gasteiger partial charge in [0, 0.05) is 22.7 Å². The van der Waals surface area contributed by atoms with Crippen LogP contribution in [0.5, 0.6) is 11.5 Å². The minimum Gasteiger partial charge on any atom is -0.494 e. The molecule has 0 aliphatic heterocycles. The number of hydrogen-bond donors (Lipinski definition) is 2. The molecular formula is C33H47N5O3S. The lowest BCUT2D eigenvalue weighted by atomic mass is 9.93. The highest BCUT2D eigenvalue weighted by Gasteiger charge is 2.19. The van der Waals surface area contributed by atoms with Crippen molar-refractivity contribution < 1.29 is 13.1 Å². The average molecular weight is 594 g/mol. The first-order valence-electron chi connectivity index (χ1n) is 15.4. The molecule has 0 bridgehead atoms. The van der Waals surface area contributed by atoms with Crippen molar-refractivity contribution in [2.45, 2.75) is 104 Å². The Morgan fingerprint density at radius 3 is 2.17 bits per heavy atom. The Morgan fingerprint density at radius 1 is 0.881 bits per heavy atom. The number of anilines is 1. The molecule has 0 spiro atoms. The third-order valence-electron chi connectivity index (χ3n) is 7.39. The predicted octanol–water partition coefficient (Wildman–Crippen LogP) is 8.70. The second kappa shape index (κ2) is 15.2. The number of benzene rings is 2. The van der Waals surface area contributed by atoms with E-state index in [1.54, 1.807) is 16.8 Å². The fourth-order valence-electron chi connectivity index (χ4n) is 4.72. The van der Waals surface area contributed by atoms with Gasteiger partial charge in [-0.1, -0.05) is 97.6 Å². The van der Waals surface area contributed by atoms with E-state index in [-0.39, 0.29) is 5.41 Å². The largest absolute Gasteiger partial charge is 0.494 e. The predicted molar refractivity (Wildman–Crippen MR) is 172 cm³/mol. The molecule has 0 amide bonds. The number of hydrogen-bond acceptors (Lipinski definition) is 5. The van der Waals surface area contributed by atoms with E-state index in [0.29, 0.717) is 23.9 Å². The molecule has 0 fully saturated rings. The molecular weight excluding hydrogens is 546 g/mol. The van der Waals surface area contributed by atoms with Gasteiger partial charge in [0.05, 0.1) is 12.3 Å². The molecule has 1 unspecified atom stereocenters.